The van der Waals surface area contributed by atoms with Crippen LogP contribution in [0.25, 0.3) is 32.9 Å². The Bertz CT molecular complexity index is 1410. The standard InChI is InChI=1S/C28H33N2OSi/c1-17-19-11-9-10-12-20(19)21(15-28(2,3)4)27-24(17)26-25-22(29-16-30(26)5)13-18(32(6,7)8)14-23(25)31-27/h9-14,16H,15H2,1-8H3/q+1. The minimum Gasteiger partial charge on any atom is -0.455 e. The minimum atomic E-state index is -1.53. The Balaban J connectivity index is 1.95. The van der Waals surface area contributed by atoms with E-state index in [1.165, 1.54) is 38.3 Å². The van der Waals surface area contributed by atoms with Gasteiger partial charge in [0.1, 0.15) is 16.9 Å². The van der Waals surface area contributed by atoms with Gasteiger partial charge in [-0.15, -0.1) is 0 Å². The third kappa shape index (κ3) is 3.24. The first-order valence-electron chi connectivity index (χ1n) is 11.5. The van der Waals surface area contributed by atoms with Crippen LogP contribution in [0.3, 0.4) is 0 Å². The lowest BCUT2D eigenvalue weighted by Gasteiger charge is -2.29. The number of ether oxygens (including phenoxy) is 1. The zero-order valence-electron chi connectivity index (χ0n) is 20.6. The molecule has 1 aromatic heterocycles. The Morgan fingerprint density at radius 1 is 1.03 bits per heavy atom. The van der Waals surface area contributed by atoms with Crippen molar-refractivity contribution in [1.29, 1.82) is 0 Å². The summed E-state index contributed by atoms with van der Waals surface area (Å²) in [7, 11) is 0.572. The molecule has 5 rings (SSSR count). The molecular weight excluding hydrogens is 408 g/mol. The van der Waals surface area contributed by atoms with Gasteiger partial charge in [-0.05, 0) is 52.2 Å². The van der Waals surface area contributed by atoms with Gasteiger partial charge in [-0.2, -0.15) is 0 Å². The van der Waals surface area contributed by atoms with Crippen LogP contribution >= 0.6 is 0 Å². The topological polar surface area (TPSA) is 26.0 Å². The fraction of sp³-hybridized carbons (Fsp3) is 0.357. The first-order chi connectivity index (χ1) is 15.0. The lowest BCUT2D eigenvalue weighted by atomic mass is 9.82. The zero-order valence-corrected chi connectivity index (χ0v) is 21.6. The Morgan fingerprint density at radius 3 is 2.38 bits per heavy atom. The van der Waals surface area contributed by atoms with Crippen molar-refractivity contribution in [2.24, 2.45) is 12.5 Å². The van der Waals surface area contributed by atoms with Gasteiger partial charge in [-0.3, -0.25) is 0 Å². The predicted molar refractivity (Wildman–Crippen MR) is 137 cm³/mol. The lowest BCUT2D eigenvalue weighted by molar-refractivity contribution is -0.662. The summed E-state index contributed by atoms with van der Waals surface area (Å²) in [6.45, 7) is 16.3. The molecule has 4 aromatic rings. The van der Waals surface area contributed by atoms with Crippen LogP contribution < -0.4 is 14.5 Å². The smallest absolute Gasteiger partial charge is 0.287 e. The monoisotopic (exact) mass is 441 g/mol. The summed E-state index contributed by atoms with van der Waals surface area (Å²) in [6.07, 6.45) is 2.92. The molecule has 4 heteroatoms. The first-order valence-corrected chi connectivity index (χ1v) is 15.0. The molecule has 0 aliphatic carbocycles. The largest absolute Gasteiger partial charge is 0.455 e. The van der Waals surface area contributed by atoms with Crippen LogP contribution in [0.2, 0.25) is 19.6 Å². The lowest BCUT2D eigenvalue weighted by Crippen LogP contribution is -2.38. The van der Waals surface area contributed by atoms with Crippen LogP contribution in [0.5, 0.6) is 11.5 Å². The van der Waals surface area contributed by atoms with Gasteiger partial charge in [0.15, 0.2) is 11.2 Å². The number of rotatable bonds is 2. The highest BCUT2D eigenvalue weighted by Crippen LogP contribution is 2.51. The third-order valence-electron chi connectivity index (χ3n) is 6.60. The van der Waals surface area contributed by atoms with Gasteiger partial charge in [-0.25, -0.2) is 4.57 Å². The molecular formula is C28H33N2OSi+. The van der Waals surface area contributed by atoms with Crippen molar-refractivity contribution in [2.75, 3.05) is 0 Å². The number of aromatic nitrogens is 2. The Hall–Kier alpha value is -2.72. The van der Waals surface area contributed by atoms with Crippen LogP contribution in [0, 0.1) is 12.3 Å². The van der Waals surface area contributed by atoms with Crippen molar-refractivity contribution in [3.8, 4) is 22.8 Å². The molecule has 0 N–H and O–H groups in total. The Kier molecular flexibility index (Phi) is 4.55. The van der Waals surface area contributed by atoms with Crippen LogP contribution in [0.15, 0.2) is 42.7 Å². The van der Waals surface area contributed by atoms with Gasteiger partial charge < -0.3 is 4.74 Å². The van der Waals surface area contributed by atoms with Crippen molar-refractivity contribution in [3.05, 3.63) is 53.9 Å². The molecule has 32 heavy (non-hydrogen) atoms. The second-order valence-corrected chi connectivity index (χ2v) is 16.6. The van der Waals surface area contributed by atoms with Gasteiger partial charge in [0.05, 0.1) is 20.7 Å². The van der Waals surface area contributed by atoms with Gasteiger partial charge in [0.25, 0.3) is 6.33 Å². The first kappa shape index (κ1) is 21.1. The second kappa shape index (κ2) is 6.89. The minimum absolute atomic E-state index is 0.144. The molecule has 0 atom stereocenters. The van der Waals surface area contributed by atoms with Gasteiger partial charge >= 0.3 is 0 Å². The maximum absolute atomic E-state index is 6.88. The highest BCUT2D eigenvalue weighted by Gasteiger charge is 2.34. The van der Waals surface area contributed by atoms with Crippen LogP contribution in [-0.2, 0) is 13.5 Å². The van der Waals surface area contributed by atoms with E-state index in [4.69, 9.17) is 9.72 Å². The number of aryl methyl sites for hydroxylation is 2. The third-order valence-corrected chi connectivity index (χ3v) is 8.62. The number of nitrogens with zero attached hydrogens (tertiary/aromatic N) is 2. The van der Waals surface area contributed by atoms with Crippen LogP contribution in [0.1, 0.15) is 31.9 Å². The van der Waals surface area contributed by atoms with E-state index in [2.05, 4.69) is 95.3 Å². The molecule has 0 radical (unpaired) electrons. The molecule has 164 valence electrons. The highest BCUT2D eigenvalue weighted by atomic mass is 28.3. The molecule has 0 fully saturated rings. The summed E-state index contributed by atoms with van der Waals surface area (Å²) in [5, 5.41) is 5.12. The van der Waals surface area contributed by atoms with Crippen molar-refractivity contribution in [1.82, 2.24) is 4.98 Å². The highest BCUT2D eigenvalue weighted by molar-refractivity contribution is 6.88. The number of hydrogen-bond donors (Lipinski definition) is 0. The Morgan fingerprint density at radius 2 is 1.72 bits per heavy atom. The normalized spacial score (nSPS) is 13.4. The zero-order chi connectivity index (χ0) is 23.0. The molecule has 1 aliphatic rings. The van der Waals surface area contributed by atoms with E-state index in [9.17, 15) is 0 Å². The summed E-state index contributed by atoms with van der Waals surface area (Å²) in [5.74, 6) is 1.98. The molecule has 0 amide bonds. The second-order valence-electron chi connectivity index (χ2n) is 11.5. The van der Waals surface area contributed by atoms with Crippen molar-refractivity contribution < 1.29 is 9.30 Å². The molecule has 0 bridgehead atoms. The summed E-state index contributed by atoms with van der Waals surface area (Å²) in [5.41, 5.74) is 6.19. The Labute approximate surface area is 192 Å². The number of hydrogen-bond acceptors (Lipinski definition) is 2. The van der Waals surface area contributed by atoms with Crippen molar-refractivity contribution >= 4 is 34.9 Å². The quantitative estimate of drug-likeness (QED) is 0.233. The van der Waals surface area contributed by atoms with Gasteiger partial charge in [0.2, 0.25) is 0 Å². The summed E-state index contributed by atoms with van der Waals surface area (Å²) >= 11 is 0. The van der Waals surface area contributed by atoms with E-state index in [0.29, 0.717) is 0 Å². The summed E-state index contributed by atoms with van der Waals surface area (Å²) in [4.78, 5) is 4.81. The van der Waals surface area contributed by atoms with Gasteiger partial charge in [0, 0.05) is 5.56 Å². The van der Waals surface area contributed by atoms with Crippen LogP contribution in [0.4, 0.5) is 0 Å². The van der Waals surface area contributed by atoms with Crippen molar-refractivity contribution in [2.45, 2.75) is 53.8 Å². The maximum atomic E-state index is 6.88. The molecule has 0 saturated heterocycles. The molecule has 3 nitrogen and oxygen atoms in total. The molecule has 0 spiro atoms. The molecule has 0 saturated carbocycles. The SMILES string of the molecule is Cc1c2c(c(CC(C)(C)C)c3ccccc13)Oc1cc([Si](C)(C)C)cc3nc[n+](C)c-2c13. The number of benzene rings is 3. The summed E-state index contributed by atoms with van der Waals surface area (Å²) in [6, 6.07) is 13.4. The van der Waals surface area contributed by atoms with E-state index >= 15 is 0 Å². The summed E-state index contributed by atoms with van der Waals surface area (Å²) < 4.78 is 9.05. The average Bonchev–Trinajstić information content (AvgIpc) is 2.71. The fourth-order valence-electron chi connectivity index (χ4n) is 5.00. The maximum Gasteiger partial charge on any atom is 0.287 e. The van der Waals surface area contributed by atoms with Crippen molar-refractivity contribution in [3.63, 3.8) is 0 Å². The fourth-order valence-corrected chi connectivity index (χ4v) is 6.14. The molecule has 1 aliphatic heterocycles. The van der Waals surface area contributed by atoms with Crippen LogP contribution in [-0.4, -0.2) is 13.1 Å². The predicted octanol–water partition coefficient (Wildman–Crippen LogP) is 6.43. The van der Waals surface area contributed by atoms with E-state index in [0.717, 1.165) is 28.8 Å². The number of fused-ring (bicyclic) bond motifs is 3. The van der Waals surface area contributed by atoms with E-state index < -0.39 is 8.07 Å². The average molecular weight is 442 g/mol. The van der Waals surface area contributed by atoms with E-state index in [-0.39, 0.29) is 5.41 Å². The molecule has 3 aromatic carbocycles. The van der Waals surface area contributed by atoms with Gasteiger partial charge in [-0.1, -0.05) is 69.9 Å². The van der Waals surface area contributed by atoms with E-state index in [1.807, 2.05) is 6.33 Å². The van der Waals surface area contributed by atoms with E-state index in [1.54, 1.807) is 0 Å². The molecule has 2 heterocycles. The molecule has 0 unspecified atom stereocenters.